The zero-order chi connectivity index (χ0) is 14.9. The normalized spacial score (nSPS) is 22.6. The van der Waals surface area contributed by atoms with Crippen LogP contribution >= 0.6 is 0 Å². The van der Waals surface area contributed by atoms with Gasteiger partial charge >= 0.3 is 5.97 Å². The average Bonchev–Trinajstić information content (AvgIpc) is 2.40. The number of piperidine rings is 1. The Hall–Kier alpha value is -1.91. The number of pyridine rings is 1. The number of carboxylic acids is 1. The first-order valence-corrected chi connectivity index (χ1v) is 6.90. The number of hydrogen-bond acceptors (Lipinski definition) is 3. The van der Waals surface area contributed by atoms with E-state index in [1.165, 1.54) is 12.1 Å². The van der Waals surface area contributed by atoms with Gasteiger partial charge in [-0.2, -0.15) is 0 Å². The Morgan fingerprint density at radius 2 is 2.00 bits per heavy atom. The summed E-state index contributed by atoms with van der Waals surface area (Å²) in [6, 6.07) is 2.95. The first-order chi connectivity index (χ1) is 9.40. The van der Waals surface area contributed by atoms with Crippen LogP contribution in [-0.2, 0) is 0 Å². The third-order valence-electron chi connectivity index (χ3n) is 4.16. The van der Waals surface area contributed by atoms with Gasteiger partial charge in [0.2, 0.25) is 0 Å². The first-order valence-electron chi connectivity index (χ1n) is 6.90. The summed E-state index contributed by atoms with van der Waals surface area (Å²) in [5.41, 5.74) is 0.846. The van der Waals surface area contributed by atoms with Crippen LogP contribution in [0.4, 0.5) is 0 Å². The molecule has 108 valence electrons. The Kier molecular flexibility index (Phi) is 4.06. The van der Waals surface area contributed by atoms with Crippen LogP contribution in [0.2, 0.25) is 0 Å². The Balaban J connectivity index is 2.17. The van der Waals surface area contributed by atoms with Crippen LogP contribution in [-0.4, -0.2) is 40.0 Å². The van der Waals surface area contributed by atoms with Gasteiger partial charge in [0, 0.05) is 13.1 Å². The van der Waals surface area contributed by atoms with E-state index < -0.39 is 5.97 Å². The van der Waals surface area contributed by atoms with Crippen LogP contribution in [0.15, 0.2) is 12.1 Å². The van der Waals surface area contributed by atoms with E-state index in [2.05, 4.69) is 18.8 Å². The highest BCUT2D eigenvalue weighted by Crippen LogP contribution is 2.23. The number of aromatic carboxylic acids is 1. The molecule has 2 unspecified atom stereocenters. The highest BCUT2D eigenvalue weighted by Gasteiger charge is 2.27. The molecule has 0 aromatic carbocycles. The van der Waals surface area contributed by atoms with Crippen molar-refractivity contribution in [3.63, 3.8) is 0 Å². The quantitative estimate of drug-likeness (QED) is 0.899. The van der Waals surface area contributed by atoms with Crippen LogP contribution in [0.1, 0.15) is 46.8 Å². The van der Waals surface area contributed by atoms with Crippen LogP contribution in [0.25, 0.3) is 0 Å². The van der Waals surface area contributed by atoms with Crippen LogP contribution in [0.3, 0.4) is 0 Å². The Morgan fingerprint density at radius 1 is 1.30 bits per heavy atom. The zero-order valence-corrected chi connectivity index (χ0v) is 12.1. The lowest BCUT2D eigenvalue weighted by atomic mass is 9.88. The monoisotopic (exact) mass is 276 g/mol. The van der Waals surface area contributed by atoms with Crippen molar-refractivity contribution in [1.29, 1.82) is 0 Å². The van der Waals surface area contributed by atoms with Crippen molar-refractivity contribution >= 4 is 11.9 Å². The van der Waals surface area contributed by atoms with Crippen LogP contribution < -0.4 is 0 Å². The molecule has 5 nitrogen and oxygen atoms in total. The molecule has 0 bridgehead atoms. The van der Waals surface area contributed by atoms with Gasteiger partial charge < -0.3 is 10.0 Å². The predicted octanol–water partition coefficient (Wildman–Crippen LogP) is 2.21. The van der Waals surface area contributed by atoms with Gasteiger partial charge in [-0.05, 0) is 37.3 Å². The van der Waals surface area contributed by atoms with Crippen LogP contribution in [0, 0.1) is 18.8 Å². The maximum absolute atomic E-state index is 12.4. The molecule has 2 heterocycles. The van der Waals surface area contributed by atoms with Gasteiger partial charge in [-0.15, -0.1) is 0 Å². The molecule has 1 aromatic rings. The molecule has 2 rings (SSSR count). The number of carboxylic acid groups (broad SMARTS) is 1. The summed E-state index contributed by atoms with van der Waals surface area (Å²) in [5.74, 6) is -0.0200. The molecule has 20 heavy (non-hydrogen) atoms. The Labute approximate surface area is 118 Å². The van der Waals surface area contributed by atoms with Crippen LogP contribution in [0.5, 0.6) is 0 Å². The summed E-state index contributed by atoms with van der Waals surface area (Å²) < 4.78 is 0. The number of aryl methyl sites for hydroxylation is 1. The van der Waals surface area contributed by atoms with Crippen molar-refractivity contribution in [2.24, 2.45) is 11.8 Å². The second kappa shape index (κ2) is 5.61. The van der Waals surface area contributed by atoms with Crippen molar-refractivity contribution in [3.8, 4) is 0 Å². The van der Waals surface area contributed by atoms with Crippen molar-refractivity contribution in [1.82, 2.24) is 9.88 Å². The minimum atomic E-state index is -1.02. The lowest BCUT2D eigenvalue weighted by molar-refractivity contribution is 0.0618. The standard InChI is InChI=1S/C15H20N2O3/c1-9-6-7-17(8-10(9)2)14(18)13-5-4-12(15(19)20)11(3)16-13/h4-5,9-10H,6-8H2,1-3H3,(H,19,20). The number of aromatic nitrogens is 1. The van der Waals surface area contributed by atoms with E-state index in [0.717, 1.165) is 19.5 Å². The molecule has 1 fully saturated rings. The second-order valence-electron chi connectivity index (χ2n) is 5.63. The number of hydrogen-bond donors (Lipinski definition) is 1. The highest BCUT2D eigenvalue weighted by molar-refractivity contribution is 5.94. The Morgan fingerprint density at radius 3 is 2.55 bits per heavy atom. The minimum absolute atomic E-state index is 0.108. The topological polar surface area (TPSA) is 70.5 Å². The molecule has 1 amide bonds. The van der Waals surface area contributed by atoms with E-state index in [1.807, 2.05) is 4.90 Å². The van der Waals surface area contributed by atoms with E-state index in [0.29, 0.717) is 23.2 Å². The lowest BCUT2D eigenvalue weighted by Crippen LogP contribution is -2.42. The van der Waals surface area contributed by atoms with Gasteiger partial charge in [0.25, 0.3) is 5.91 Å². The molecule has 2 atom stereocenters. The fraction of sp³-hybridized carbons (Fsp3) is 0.533. The fourth-order valence-electron chi connectivity index (χ4n) is 2.52. The third kappa shape index (κ3) is 2.81. The highest BCUT2D eigenvalue weighted by atomic mass is 16.4. The summed E-state index contributed by atoms with van der Waals surface area (Å²) in [6.07, 6.45) is 0.999. The number of carbonyl (C=O) groups excluding carboxylic acids is 1. The molecule has 0 saturated carbocycles. The molecule has 1 N–H and O–H groups in total. The molecule has 0 radical (unpaired) electrons. The van der Waals surface area contributed by atoms with E-state index >= 15 is 0 Å². The van der Waals surface area contributed by atoms with E-state index in [-0.39, 0.29) is 11.5 Å². The maximum atomic E-state index is 12.4. The van der Waals surface area contributed by atoms with Gasteiger partial charge in [-0.25, -0.2) is 9.78 Å². The van der Waals surface area contributed by atoms with Gasteiger partial charge in [0.05, 0.1) is 11.3 Å². The molecule has 0 aliphatic carbocycles. The number of nitrogens with zero attached hydrogens (tertiary/aromatic N) is 2. The zero-order valence-electron chi connectivity index (χ0n) is 12.1. The number of likely N-dealkylation sites (tertiary alicyclic amines) is 1. The number of amides is 1. The Bertz CT molecular complexity index is 542. The van der Waals surface area contributed by atoms with Crippen molar-refractivity contribution < 1.29 is 14.7 Å². The van der Waals surface area contributed by atoms with Crippen molar-refractivity contribution in [3.05, 3.63) is 29.1 Å². The minimum Gasteiger partial charge on any atom is -0.478 e. The molecule has 1 aliphatic rings. The summed E-state index contributed by atoms with van der Waals surface area (Å²) in [7, 11) is 0. The number of carbonyl (C=O) groups is 2. The summed E-state index contributed by atoms with van der Waals surface area (Å²) in [5, 5.41) is 8.97. The maximum Gasteiger partial charge on any atom is 0.337 e. The molecule has 5 heteroatoms. The molecular weight excluding hydrogens is 256 g/mol. The smallest absolute Gasteiger partial charge is 0.337 e. The molecule has 1 aromatic heterocycles. The number of rotatable bonds is 2. The van der Waals surface area contributed by atoms with E-state index in [4.69, 9.17) is 5.11 Å². The van der Waals surface area contributed by atoms with E-state index in [9.17, 15) is 9.59 Å². The van der Waals surface area contributed by atoms with Gasteiger partial charge in [0.1, 0.15) is 5.69 Å². The second-order valence-corrected chi connectivity index (χ2v) is 5.63. The summed E-state index contributed by atoms with van der Waals surface area (Å²) in [6.45, 7) is 7.45. The third-order valence-corrected chi connectivity index (χ3v) is 4.16. The predicted molar refractivity (Wildman–Crippen MR) is 74.8 cm³/mol. The van der Waals surface area contributed by atoms with Gasteiger partial charge in [-0.3, -0.25) is 4.79 Å². The molecular formula is C15H20N2O3. The average molecular weight is 276 g/mol. The fourth-order valence-corrected chi connectivity index (χ4v) is 2.52. The first kappa shape index (κ1) is 14.5. The molecule has 1 aliphatic heterocycles. The largest absolute Gasteiger partial charge is 0.478 e. The van der Waals surface area contributed by atoms with Gasteiger partial charge in [0.15, 0.2) is 0 Å². The van der Waals surface area contributed by atoms with E-state index in [1.54, 1.807) is 6.92 Å². The SMILES string of the molecule is Cc1nc(C(=O)N2CCC(C)C(C)C2)ccc1C(=O)O. The summed E-state index contributed by atoms with van der Waals surface area (Å²) >= 11 is 0. The summed E-state index contributed by atoms with van der Waals surface area (Å²) in [4.78, 5) is 29.3. The van der Waals surface area contributed by atoms with Crippen molar-refractivity contribution in [2.45, 2.75) is 27.2 Å². The van der Waals surface area contributed by atoms with Crippen molar-refractivity contribution in [2.75, 3.05) is 13.1 Å². The molecule has 1 saturated heterocycles. The lowest BCUT2D eigenvalue weighted by Gasteiger charge is -2.35. The van der Waals surface area contributed by atoms with Gasteiger partial charge in [-0.1, -0.05) is 13.8 Å². The molecule has 0 spiro atoms.